The molecule has 3 nitrogen and oxygen atoms in total. The van der Waals surface area contributed by atoms with Gasteiger partial charge in [0.2, 0.25) is 0 Å². The van der Waals surface area contributed by atoms with Crippen molar-refractivity contribution in [2.45, 2.75) is 33.2 Å². The molecule has 1 aromatic rings. The third kappa shape index (κ3) is 1.85. The number of hydrogen-bond donors (Lipinski definition) is 1. The first-order chi connectivity index (χ1) is 5.65. The summed E-state index contributed by atoms with van der Waals surface area (Å²) in [4.78, 5) is 0. The first-order valence-corrected chi connectivity index (χ1v) is 4.30. The van der Waals surface area contributed by atoms with Gasteiger partial charge < -0.3 is 5.11 Å². The van der Waals surface area contributed by atoms with Crippen LogP contribution in [0.3, 0.4) is 0 Å². The largest absolute Gasteiger partial charge is 0.396 e. The molecule has 0 aliphatic carbocycles. The summed E-state index contributed by atoms with van der Waals surface area (Å²) in [5, 5.41) is 13.1. The highest BCUT2D eigenvalue weighted by Gasteiger charge is 2.05. The summed E-state index contributed by atoms with van der Waals surface area (Å²) < 4.78 is 1.93. The SMILES string of the molecule is Cc1cn(C(C)C)nc1CCO. The predicted octanol–water partition coefficient (Wildman–Crippen LogP) is 1.31. The fourth-order valence-electron chi connectivity index (χ4n) is 1.14. The number of aryl methyl sites for hydroxylation is 1. The number of aliphatic hydroxyl groups excluding tert-OH is 1. The van der Waals surface area contributed by atoms with Gasteiger partial charge in [0, 0.05) is 25.3 Å². The van der Waals surface area contributed by atoms with E-state index in [1.165, 1.54) is 0 Å². The lowest BCUT2D eigenvalue weighted by molar-refractivity contribution is 0.297. The van der Waals surface area contributed by atoms with Crippen molar-refractivity contribution in [3.63, 3.8) is 0 Å². The Morgan fingerprint density at radius 3 is 2.67 bits per heavy atom. The molecular weight excluding hydrogens is 152 g/mol. The highest BCUT2D eigenvalue weighted by Crippen LogP contribution is 2.10. The fraction of sp³-hybridized carbons (Fsp3) is 0.667. The molecule has 1 N–H and O–H groups in total. The van der Waals surface area contributed by atoms with Gasteiger partial charge in [-0.05, 0) is 26.3 Å². The molecule has 0 fully saturated rings. The Kier molecular flexibility index (Phi) is 2.87. The van der Waals surface area contributed by atoms with Crippen LogP contribution in [-0.2, 0) is 6.42 Å². The first kappa shape index (κ1) is 9.26. The lowest BCUT2D eigenvalue weighted by Crippen LogP contribution is -2.02. The Morgan fingerprint density at radius 2 is 2.25 bits per heavy atom. The van der Waals surface area contributed by atoms with Crippen molar-refractivity contribution in [3.05, 3.63) is 17.5 Å². The summed E-state index contributed by atoms with van der Waals surface area (Å²) in [5.74, 6) is 0. The Balaban J connectivity index is 2.85. The molecule has 0 radical (unpaired) electrons. The van der Waals surface area contributed by atoms with E-state index < -0.39 is 0 Å². The summed E-state index contributed by atoms with van der Waals surface area (Å²) in [6, 6.07) is 0.399. The molecule has 68 valence electrons. The van der Waals surface area contributed by atoms with E-state index >= 15 is 0 Å². The van der Waals surface area contributed by atoms with E-state index in [0.29, 0.717) is 12.5 Å². The Hall–Kier alpha value is -0.830. The Morgan fingerprint density at radius 1 is 1.58 bits per heavy atom. The summed E-state index contributed by atoms with van der Waals surface area (Å²) in [5.41, 5.74) is 2.17. The van der Waals surface area contributed by atoms with Crippen LogP contribution >= 0.6 is 0 Å². The van der Waals surface area contributed by atoms with Gasteiger partial charge >= 0.3 is 0 Å². The third-order valence-corrected chi connectivity index (χ3v) is 1.89. The lowest BCUT2D eigenvalue weighted by atomic mass is 10.2. The summed E-state index contributed by atoms with van der Waals surface area (Å²) in [7, 11) is 0. The summed E-state index contributed by atoms with van der Waals surface area (Å²) >= 11 is 0. The van der Waals surface area contributed by atoms with E-state index in [-0.39, 0.29) is 6.61 Å². The monoisotopic (exact) mass is 168 g/mol. The predicted molar refractivity (Wildman–Crippen MR) is 48.1 cm³/mol. The van der Waals surface area contributed by atoms with Gasteiger partial charge in [0.05, 0.1) is 5.69 Å². The van der Waals surface area contributed by atoms with Gasteiger partial charge in [0.15, 0.2) is 0 Å². The average molecular weight is 168 g/mol. The zero-order valence-corrected chi connectivity index (χ0v) is 7.91. The fourth-order valence-corrected chi connectivity index (χ4v) is 1.14. The minimum atomic E-state index is 0.177. The Labute approximate surface area is 73.0 Å². The molecule has 0 aliphatic heterocycles. The number of aromatic nitrogens is 2. The van der Waals surface area contributed by atoms with Crippen LogP contribution < -0.4 is 0 Å². The van der Waals surface area contributed by atoms with Crippen molar-refractivity contribution < 1.29 is 5.11 Å². The number of nitrogens with zero attached hydrogens (tertiary/aromatic N) is 2. The van der Waals surface area contributed by atoms with E-state index in [0.717, 1.165) is 11.3 Å². The summed E-state index contributed by atoms with van der Waals surface area (Å²) in [6.07, 6.45) is 2.68. The summed E-state index contributed by atoms with van der Waals surface area (Å²) in [6.45, 7) is 6.39. The van der Waals surface area contributed by atoms with Crippen molar-refractivity contribution in [1.82, 2.24) is 9.78 Å². The van der Waals surface area contributed by atoms with Crippen LogP contribution in [0.5, 0.6) is 0 Å². The van der Waals surface area contributed by atoms with E-state index in [4.69, 9.17) is 5.11 Å². The van der Waals surface area contributed by atoms with Gasteiger partial charge in [-0.1, -0.05) is 0 Å². The quantitative estimate of drug-likeness (QED) is 0.739. The number of hydrogen-bond acceptors (Lipinski definition) is 2. The average Bonchev–Trinajstić information content (AvgIpc) is 2.34. The van der Waals surface area contributed by atoms with Crippen LogP contribution in [0.1, 0.15) is 31.1 Å². The van der Waals surface area contributed by atoms with Crippen molar-refractivity contribution in [2.24, 2.45) is 0 Å². The van der Waals surface area contributed by atoms with Crippen molar-refractivity contribution in [3.8, 4) is 0 Å². The number of aliphatic hydroxyl groups is 1. The molecule has 0 unspecified atom stereocenters. The van der Waals surface area contributed by atoms with Crippen LogP contribution in [0.15, 0.2) is 6.20 Å². The van der Waals surface area contributed by atoms with Crippen molar-refractivity contribution >= 4 is 0 Å². The molecule has 12 heavy (non-hydrogen) atoms. The third-order valence-electron chi connectivity index (χ3n) is 1.89. The zero-order valence-electron chi connectivity index (χ0n) is 7.91. The van der Waals surface area contributed by atoms with Gasteiger partial charge in [-0.3, -0.25) is 4.68 Å². The van der Waals surface area contributed by atoms with E-state index in [1.54, 1.807) is 0 Å². The first-order valence-electron chi connectivity index (χ1n) is 4.30. The highest BCUT2D eigenvalue weighted by molar-refractivity contribution is 5.15. The molecule has 0 saturated heterocycles. The standard InChI is InChI=1S/C9H16N2O/c1-7(2)11-6-8(3)9(10-11)4-5-12/h6-7,12H,4-5H2,1-3H3. The molecule has 1 rings (SSSR count). The zero-order chi connectivity index (χ0) is 9.14. The van der Waals surface area contributed by atoms with Gasteiger partial charge in [-0.2, -0.15) is 5.10 Å². The van der Waals surface area contributed by atoms with Gasteiger partial charge in [0.1, 0.15) is 0 Å². The molecule has 1 heterocycles. The maximum absolute atomic E-state index is 8.74. The smallest absolute Gasteiger partial charge is 0.0676 e. The van der Waals surface area contributed by atoms with E-state index in [9.17, 15) is 0 Å². The molecule has 0 aromatic carbocycles. The molecular formula is C9H16N2O. The topological polar surface area (TPSA) is 38.0 Å². The molecule has 0 aliphatic rings. The van der Waals surface area contributed by atoms with Gasteiger partial charge in [0.25, 0.3) is 0 Å². The molecule has 0 amide bonds. The van der Waals surface area contributed by atoms with Crippen molar-refractivity contribution in [1.29, 1.82) is 0 Å². The van der Waals surface area contributed by atoms with E-state index in [2.05, 4.69) is 18.9 Å². The normalized spacial score (nSPS) is 11.1. The lowest BCUT2D eigenvalue weighted by Gasteiger charge is -2.03. The molecule has 0 bridgehead atoms. The maximum atomic E-state index is 8.74. The van der Waals surface area contributed by atoms with E-state index in [1.807, 2.05) is 17.8 Å². The molecule has 0 atom stereocenters. The number of rotatable bonds is 3. The Bertz CT molecular complexity index is 253. The van der Waals surface area contributed by atoms with Crippen LogP contribution in [-0.4, -0.2) is 21.5 Å². The molecule has 1 aromatic heterocycles. The van der Waals surface area contributed by atoms with Gasteiger partial charge in [-0.15, -0.1) is 0 Å². The minimum absolute atomic E-state index is 0.177. The second-order valence-electron chi connectivity index (χ2n) is 3.31. The van der Waals surface area contributed by atoms with Crippen LogP contribution in [0.25, 0.3) is 0 Å². The van der Waals surface area contributed by atoms with Crippen LogP contribution in [0, 0.1) is 6.92 Å². The molecule has 3 heteroatoms. The minimum Gasteiger partial charge on any atom is -0.396 e. The molecule has 0 spiro atoms. The highest BCUT2D eigenvalue weighted by atomic mass is 16.3. The second kappa shape index (κ2) is 3.72. The second-order valence-corrected chi connectivity index (χ2v) is 3.31. The van der Waals surface area contributed by atoms with Crippen molar-refractivity contribution in [2.75, 3.05) is 6.61 Å². The van der Waals surface area contributed by atoms with Crippen LogP contribution in [0.2, 0.25) is 0 Å². The van der Waals surface area contributed by atoms with Gasteiger partial charge in [-0.25, -0.2) is 0 Å². The van der Waals surface area contributed by atoms with Crippen LogP contribution in [0.4, 0.5) is 0 Å². The molecule has 0 saturated carbocycles. The maximum Gasteiger partial charge on any atom is 0.0676 e.